The second kappa shape index (κ2) is 9.90. The fraction of sp³-hybridized carbons (Fsp3) is 0.478. The molecule has 0 bridgehead atoms. The van der Waals surface area contributed by atoms with E-state index in [1.807, 2.05) is 45.0 Å². The summed E-state index contributed by atoms with van der Waals surface area (Å²) in [4.78, 5) is 0. The van der Waals surface area contributed by atoms with Gasteiger partial charge in [-0.3, -0.25) is 0 Å². The molecule has 29 heavy (non-hydrogen) atoms. The van der Waals surface area contributed by atoms with Crippen molar-refractivity contribution < 1.29 is 23.7 Å². The molecule has 0 aromatic heterocycles. The van der Waals surface area contributed by atoms with E-state index < -0.39 is 12.4 Å². The van der Waals surface area contributed by atoms with Crippen LogP contribution in [0.15, 0.2) is 36.4 Å². The largest absolute Gasteiger partial charge is 0.491 e. The molecule has 2 aromatic rings. The predicted molar refractivity (Wildman–Crippen MR) is 111 cm³/mol. The van der Waals surface area contributed by atoms with E-state index in [9.17, 15) is 9.50 Å². The highest BCUT2D eigenvalue weighted by Gasteiger charge is 2.30. The van der Waals surface area contributed by atoms with Gasteiger partial charge in [-0.15, -0.1) is 0 Å². The van der Waals surface area contributed by atoms with E-state index in [0.29, 0.717) is 30.9 Å². The minimum Gasteiger partial charge on any atom is -0.491 e. The third-order valence-electron chi connectivity index (χ3n) is 4.82. The van der Waals surface area contributed by atoms with Crippen molar-refractivity contribution in [3.63, 3.8) is 0 Å². The molecule has 3 rings (SSSR count). The van der Waals surface area contributed by atoms with E-state index in [2.05, 4.69) is 0 Å². The third kappa shape index (κ3) is 5.92. The number of aliphatic hydroxyl groups is 1. The number of benzene rings is 2. The van der Waals surface area contributed by atoms with Crippen molar-refractivity contribution in [2.75, 3.05) is 6.61 Å². The molecule has 1 aliphatic heterocycles. The molecule has 1 fully saturated rings. The molecule has 0 saturated carbocycles. The second-order valence-corrected chi connectivity index (χ2v) is 8.00. The Labute approximate surface area is 176 Å². The van der Waals surface area contributed by atoms with Crippen LogP contribution >= 0.6 is 11.6 Å². The Bertz CT molecular complexity index is 825. The first-order valence-electron chi connectivity index (χ1n) is 10.0. The fourth-order valence-corrected chi connectivity index (χ4v) is 3.73. The van der Waals surface area contributed by atoms with Gasteiger partial charge in [0, 0.05) is 17.9 Å². The van der Waals surface area contributed by atoms with Gasteiger partial charge in [0.05, 0.1) is 24.9 Å². The van der Waals surface area contributed by atoms with E-state index in [1.54, 1.807) is 6.07 Å². The minimum atomic E-state index is -0.489. The standard InChI is InChI=1S/C23H28ClFO4/c1-4-27-21-8-5-15(10-20(21)25)9-17-11-16(6-7-19(17)24)22-12-18(26)13-23(29-22)28-14(2)3/h5-8,10-11,14,18,22-23,26H,4,9,12-13H2,1-3H3. The first-order valence-corrected chi connectivity index (χ1v) is 10.4. The van der Waals surface area contributed by atoms with Crippen molar-refractivity contribution in [1.82, 2.24) is 0 Å². The van der Waals surface area contributed by atoms with Crippen molar-refractivity contribution in [3.05, 3.63) is 63.9 Å². The van der Waals surface area contributed by atoms with Gasteiger partial charge in [0.1, 0.15) is 0 Å². The molecule has 1 aliphatic rings. The van der Waals surface area contributed by atoms with Crippen molar-refractivity contribution in [3.8, 4) is 5.75 Å². The zero-order chi connectivity index (χ0) is 21.0. The Morgan fingerprint density at radius 3 is 2.69 bits per heavy atom. The average molecular weight is 423 g/mol. The van der Waals surface area contributed by atoms with Gasteiger partial charge in [-0.1, -0.05) is 29.8 Å². The first-order chi connectivity index (χ1) is 13.9. The lowest BCUT2D eigenvalue weighted by atomic mass is 9.95. The lowest BCUT2D eigenvalue weighted by molar-refractivity contribution is -0.230. The van der Waals surface area contributed by atoms with Gasteiger partial charge in [-0.2, -0.15) is 0 Å². The van der Waals surface area contributed by atoms with Crippen LogP contribution in [0.5, 0.6) is 5.75 Å². The number of hydrogen-bond donors (Lipinski definition) is 1. The topological polar surface area (TPSA) is 47.9 Å². The Balaban J connectivity index is 1.78. The SMILES string of the molecule is CCOc1ccc(Cc2cc(C3CC(O)CC(OC(C)C)O3)ccc2Cl)cc1F. The molecular weight excluding hydrogens is 395 g/mol. The average Bonchev–Trinajstić information content (AvgIpc) is 2.65. The number of hydrogen-bond acceptors (Lipinski definition) is 4. The van der Waals surface area contributed by atoms with Crippen LogP contribution in [0.4, 0.5) is 4.39 Å². The van der Waals surface area contributed by atoms with Gasteiger partial charge in [0.15, 0.2) is 17.9 Å². The molecule has 0 spiro atoms. The minimum absolute atomic E-state index is 0.0151. The highest BCUT2D eigenvalue weighted by molar-refractivity contribution is 6.31. The van der Waals surface area contributed by atoms with E-state index in [4.69, 9.17) is 25.8 Å². The summed E-state index contributed by atoms with van der Waals surface area (Å²) in [7, 11) is 0. The monoisotopic (exact) mass is 422 g/mol. The number of ether oxygens (including phenoxy) is 3. The highest BCUT2D eigenvalue weighted by atomic mass is 35.5. The Kier molecular flexibility index (Phi) is 7.52. The molecule has 1 N–H and O–H groups in total. The lowest BCUT2D eigenvalue weighted by Crippen LogP contribution is -2.34. The van der Waals surface area contributed by atoms with Crippen molar-refractivity contribution in [2.24, 2.45) is 0 Å². The maximum atomic E-state index is 14.2. The molecule has 2 aromatic carbocycles. The van der Waals surface area contributed by atoms with Gasteiger partial charge in [-0.05, 0) is 62.1 Å². The second-order valence-electron chi connectivity index (χ2n) is 7.59. The molecule has 0 radical (unpaired) electrons. The summed E-state index contributed by atoms with van der Waals surface area (Å²) in [5, 5.41) is 10.8. The maximum Gasteiger partial charge on any atom is 0.165 e. The maximum absolute atomic E-state index is 14.2. The van der Waals surface area contributed by atoms with Crippen LogP contribution < -0.4 is 4.74 Å². The van der Waals surface area contributed by atoms with Crippen LogP contribution in [0.2, 0.25) is 5.02 Å². The zero-order valence-corrected chi connectivity index (χ0v) is 17.8. The quantitative estimate of drug-likeness (QED) is 0.646. The summed E-state index contributed by atoms with van der Waals surface area (Å²) in [6.07, 6.45) is 0.242. The zero-order valence-electron chi connectivity index (χ0n) is 17.0. The molecule has 1 saturated heterocycles. The first kappa shape index (κ1) is 22.0. The Morgan fingerprint density at radius 2 is 2.00 bits per heavy atom. The van der Waals surface area contributed by atoms with E-state index in [-0.39, 0.29) is 23.8 Å². The van der Waals surface area contributed by atoms with Crippen LogP contribution in [0, 0.1) is 5.82 Å². The summed E-state index contributed by atoms with van der Waals surface area (Å²) in [6.45, 7) is 6.12. The van der Waals surface area contributed by atoms with Crippen molar-refractivity contribution in [1.29, 1.82) is 0 Å². The molecule has 0 aliphatic carbocycles. The van der Waals surface area contributed by atoms with E-state index >= 15 is 0 Å². The normalized spacial score (nSPS) is 22.1. The molecule has 3 atom stereocenters. The lowest BCUT2D eigenvalue weighted by Gasteiger charge is -2.34. The predicted octanol–water partition coefficient (Wildman–Crippen LogP) is 5.43. The molecular formula is C23H28ClFO4. The number of halogens is 2. The summed E-state index contributed by atoms with van der Waals surface area (Å²) < 4.78 is 31.2. The van der Waals surface area contributed by atoms with Gasteiger partial charge in [-0.25, -0.2) is 4.39 Å². The molecule has 3 unspecified atom stereocenters. The van der Waals surface area contributed by atoms with Crippen LogP contribution in [-0.2, 0) is 15.9 Å². The van der Waals surface area contributed by atoms with Gasteiger partial charge in [0.2, 0.25) is 0 Å². The molecule has 0 amide bonds. The Hall–Kier alpha value is -1.66. The van der Waals surface area contributed by atoms with Crippen molar-refractivity contribution >= 4 is 11.6 Å². The van der Waals surface area contributed by atoms with E-state index in [1.165, 1.54) is 6.07 Å². The van der Waals surface area contributed by atoms with Gasteiger partial charge < -0.3 is 19.3 Å². The summed E-state index contributed by atoms with van der Waals surface area (Å²) >= 11 is 6.40. The van der Waals surface area contributed by atoms with Gasteiger partial charge in [0.25, 0.3) is 0 Å². The summed E-state index contributed by atoms with van der Waals surface area (Å²) in [5.41, 5.74) is 2.60. The molecule has 1 heterocycles. The molecule has 4 nitrogen and oxygen atoms in total. The summed E-state index contributed by atoms with van der Waals surface area (Å²) in [5.74, 6) is -0.138. The highest BCUT2D eigenvalue weighted by Crippen LogP contribution is 2.34. The van der Waals surface area contributed by atoms with Crippen LogP contribution in [0.3, 0.4) is 0 Å². The Morgan fingerprint density at radius 1 is 1.21 bits per heavy atom. The van der Waals surface area contributed by atoms with Crippen LogP contribution in [0.1, 0.15) is 56.4 Å². The number of aliphatic hydroxyl groups excluding tert-OH is 1. The van der Waals surface area contributed by atoms with Gasteiger partial charge >= 0.3 is 0 Å². The molecule has 6 heteroatoms. The fourth-order valence-electron chi connectivity index (χ4n) is 3.54. The van der Waals surface area contributed by atoms with Crippen LogP contribution in [0.25, 0.3) is 0 Å². The van der Waals surface area contributed by atoms with E-state index in [0.717, 1.165) is 16.7 Å². The smallest absolute Gasteiger partial charge is 0.165 e. The third-order valence-corrected chi connectivity index (χ3v) is 5.19. The summed E-state index contributed by atoms with van der Waals surface area (Å²) in [6, 6.07) is 10.6. The van der Waals surface area contributed by atoms with Crippen LogP contribution in [-0.4, -0.2) is 30.2 Å². The molecule has 158 valence electrons. The van der Waals surface area contributed by atoms with Crippen molar-refractivity contribution in [2.45, 2.75) is 64.6 Å². The number of rotatable bonds is 7.